The van der Waals surface area contributed by atoms with E-state index >= 15 is 0 Å². The fourth-order valence-electron chi connectivity index (χ4n) is 4.31. The van der Waals surface area contributed by atoms with Gasteiger partial charge in [0.1, 0.15) is 0 Å². The molecule has 1 aliphatic heterocycles. The van der Waals surface area contributed by atoms with Crippen molar-refractivity contribution in [3.8, 4) is 6.07 Å². The lowest BCUT2D eigenvalue weighted by atomic mass is 10.0. The van der Waals surface area contributed by atoms with Gasteiger partial charge in [0.15, 0.2) is 14.8 Å². The van der Waals surface area contributed by atoms with E-state index in [4.69, 9.17) is 10.2 Å². The standard InChI is InChI=1S/C26H28N4O3S2/c1-4-35(32,33)21-11-9-19(10-12-21)14-28-25(31)26-29-23-22(34-26)16-30(24(23)17(2)3)15-20-7-5-18(13-27)6-8-20/h5-12,17,24H,4,14-16H2,1-3H3,(H,28,31)/t24-/m0/s1. The molecule has 2 heterocycles. The number of nitrogens with one attached hydrogen (secondary N) is 1. The molecule has 1 N–H and O–H groups in total. The Morgan fingerprint density at radius 1 is 1.17 bits per heavy atom. The van der Waals surface area contributed by atoms with E-state index in [1.807, 2.05) is 24.3 Å². The van der Waals surface area contributed by atoms with E-state index in [1.165, 1.54) is 11.3 Å². The van der Waals surface area contributed by atoms with Crippen molar-refractivity contribution in [1.82, 2.24) is 15.2 Å². The van der Waals surface area contributed by atoms with Crippen molar-refractivity contribution in [2.45, 2.75) is 51.3 Å². The summed E-state index contributed by atoms with van der Waals surface area (Å²) in [7, 11) is -3.24. The van der Waals surface area contributed by atoms with Gasteiger partial charge in [0.25, 0.3) is 5.91 Å². The maximum absolute atomic E-state index is 12.8. The fraction of sp³-hybridized carbons (Fsp3) is 0.346. The van der Waals surface area contributed by atoms with Gasteiger partial charge in [-0.2, -0.15) is 5.26 Å². The summed E-state index contributed by atoms with van der Waals surface area (Å²) < 4.78 is 23.9. The molecule has 182 valence electrons. The first kappa shape index (κ1) is 25.0. The molecule has 2 aromatic carbocycles. The minimum Gasteiger partial charge on any atom is -0.346 e. The van der Waals surface area contributed by atoms with Crippen LogP contribution in [0.3, 0.4) is 0 Å². The number of nitriles is 1. The van der Waals surface area contributed by atoms with Crippen molar-refractivity contribution >= 4 is 27.1 Å². The van der Waals surface area contributed by atoms with E-state index in [9.17, 15) is 13.2 Å². The monoisotopic (exact) mass is 508 g/mol. The number of sulfone groups is 1. The number of carbonyl (C=O) groups excluding carboxylic acids is 1. The third-order valence-corrected chi connectivity index (χ3v) is 8.96. The van der Waals surface area contributed by atoms with Gasteiger partial charge in [-0.15, -0.1) is 11.3 Å². The van der Waals surface area contributed by atoms with Crippen LogP contribution in [-0.4, -0.2) is 30.0 Å². The summed E-state index contributed by atoms with van der Waals surface area (Å²) in [5.41, 5.74) is 3.58. The van der Waals surface area contributed by atoms with E-state index in [0.29, 0.717) is 23.0 Å². The molecule has 0 saturated heterocycles. The highest BCUT2D eigenvalue weighted by atomic mass is 32.2. The van der Waals surface area contributed by atoms with Gasteiger partial charge in [0.2, 0.25) is 0 Å². The Bertz CT molecular complexity index is 1360. The SMILES string of the molecule is CCS(=O)(=O)c1ccc(CNC(=O)c2nc3c(s2)CN(Cc2ccc(C#N)cc2)[C@H]3C(C)C)cc1. The Labute approximate surface area is 210 Å². The lowest BCUT2D eigenvalue weighted by Crippen LogP contribution is -2.27. The van der Waals surface area contributed by atoms with Crippen LogP contribution in [0.15, 0.2) is 53.4 Å². The minimum absolute atomic E-state index is 0.0556. The number of thiazole rings is 1. The zero-order valence-electron chi connectivity index (χ0n) is 20.0. The average Bonchev–Trinajstić information content (AvgIpc) is 3.40. The zero-order valence-corrected chi connectivity index (χ0v) is 21.6. The van der Waals surface area contributed by atoms with Crippen LogP contribution in [0.2, 0.25) is 0 Å². The first-order valence-electron chi connectivity index (χ1n) is 11.5. The molecule has 1 atom stereocenters. The number of hydrogen-bond acceptors (Lipinski definition) is 7. The first-order valence-corrected chi connectivity index (χ1v) is 14.0. The van der Waals surface area contributed by atoms with Crippen LogP contribution in [0, 0.1) is 17.2 Å². The molecular weight excluding hydrogens is 480 g/mol. The molecular formula is C26H28N4O3S2. The molecule has 0 spiro atoms. The van der Waals surface area contributed by atoms with E-state index < -0.39 is 9.84 Å². The summed E-state index contributed by atoms with van der Waals surface area (Å²) in [6.45, 7) is 7.72. The molecule has 3 aromatic rings. The van der Waals surface area contributed by atoms with Crippen molar-refractivity contribution in [2.75, 3.05) is 5.75 Å². The highest BCUT2D eigenvalue weighted by Crippen LogP contribution is 2.41. The lowest BCUT2D eigenvalue weighted by molar-refractivity contribution is 0.0949. The summed E-state index contributed by atoms with van der Waals surface area (Å²) in [4.78, 5) is 21.3. The first-order chi connectivity index (χ1) is 16.7. The highest BCUT2D eigenvalue weighted by Gasteiger charge is 2.36. The van der Waals surface area contributed by atoms with Crippen LogP contribution in [0.25, 0.3) is 0 Å². The van der Waals surface area contributed by atoms with Crippen LogP contribution in [0.1, 0.15) is 63.9 Å². The number of rotatable bonds is 8. The second-order valence-corrected chi connectivity index (χ2v) is 12.3. The van der Waals surface area contributed by atoms with Gasteiger partial charge in [0.05, 0.1) is 34.0 Å². The summed E-state index contributed by atoms with van der Waals surface area (Å²) in [5.74, 6) is 0.154. The predicted octanol–water partition coefficient (Wildman–Crippen LogP) is 4.45. The Morgan fingerprint density at radius 3 is 2.43 bits per heavy atom. The van der Waals surface area contributed by atoms with Crippen LogP contribution >= 0.6 is 11.3 Å². The summed E-state index contributed by atoms with van der Waals surface area (Å²) in [6, 6.07) is 16.5. The second kappa shape index (κ2) is 10.3. The van der Waals surface area contributed by atoms with Crippen LogP contribution in [0.4, 0.5) is 0 Å². The number of nitrogens with zero attached hydrogens (tertiary/aromatic N) is 3. The molecule has 9 heteroatoms. The Hall–Kier alpha value is -3.06. The van der Waals surface area contributed by atoms with Crippen LogP contribution in [-0.2, 0) is 29.5 Å². The lowest BCUT2D eigenvalue weighted by Gasteiger charge is -2.27. The summed E-state index contributed by atoms with van der Waals surface area (Å²) in [6.07, 6.45) is 0. The van der Waals surface area contributed by atoms with Gasteiger partial charge in [0, 0.05) is 24.5 Å². The number of amides is 1. The maximum Gasteiger partial charge on any atom is 0.280 e. The molecule has 7 nitrogen and oxygen atoms in total. The van der Waals surface area contributed by atoms with Crippen molar-refractivity contribution in [1.29, 1.82) is 5.26 Å². The zero-order chi connectivity index (χ0) is 25.2. The molecule has 35 heavy (non-hydrogen) atoms. The van der Waals surface area contributed by atoms with Crippen molar-refractivity contribution < 1.29 is 13.2 Å². The number of carbonyl (C=O) groups is 1. The molecule has 0 unspecified atom stereocenters. The number of aromatic nitrogens is 1. The van der Waals surface area contributed by atoms with Gasteiger partial charge in [-0.3, -0.25) is 9.69 Å². The normalized spacial score (nSPS) is 15.7. The molecule has 0 bridgehead atoms. The Kier molecular flexibility index (Phi) is 7.36. The van der Waals surface area contributed by atoms with E-state index in [-0.39, 0.29) is 22.6 Å². The van der Waals surface area contributed by atoms with Gasteiger partial charge >= 0.3 is 0 Å². The predicted molar refractivity (Wildman–Crippen MR) is 135 cm³/mol. The minimum atomic E-state index is -3.24. The average molecular weight is 509 g/mol. The van der Waals surface area contributed by atoms with E-state index in [1.54, 1.807) is 31.2 Å². The molecule has 0 saturated carbocycles. The molecule has 1 aliphatic rings. The molecule has 4 rings (SSSR count). The summed E-state index contributed by atoms with van der Waals surface area (Å²) >= 11 is 1.43. The smallest absolute Gasteiger partial charge is 0.280 e. The highest BCUT2D eigenvalue weighted by molar-refractivity contribution is 7.91. The Balaban J connectivity index is 1.42. The van der Waals surface area contributed by atoms with Gasteiger partial charge in [-0.1, -0.05) is 45.0 Å². The maximum atomic E-state index is 12.8. The number of benzene rings is 2. The molecule has 0 aliphatic carbocycles. The largest absolute Gasteiger partial charge is 0.346 e. The van der Waals surface area contributed by atoms with Crippen molar-refractivity contribution in [3.63, 3.8) is 0 Å². The third-order valence-electron chi connectivity index (χ3n) is 6.16. The molecule has 1 amide bonds. The Morgan fingerprint density at radius 2 is 1.83 bits per heavy atom. The van der Waals surface area contributed by atoms with Gasteiger partial charge < -0.3 is 5.32 Å². The van der Waals surface area contributed by atoms with Crippen LogP contribution < -0.4 is 5.32 Å². The van der Waals surface area contributed by atoms with Crippen molar-refractivity contribution in [2.24, 2.45) is 5.92 Å². The van der Waals surface area contributed by atoms with E-state index in [0.717, 1.165) is 34.8 Å². The second-order valence-electron chi connectivity index (χ2n) is 8.96. The van der Waals surface area contributed by atoms with Gasteiger partial charge in [-0.05, 0) is 41.3 Å². The summed E-state index contributed by atoms with van der Waals surface area (Å²) in [5, 5.41) is 12.4. The van der Waals surface area contributed by atoms with E-state index in [2.05, 4.69) is 30.1 Å². The van der Waals surface area contributed by atoms with Gasteiger partial charge in [-0.25, -0.2) is 13.4 Å². The molecule has 0 fully saturated rings. The number of fused-ring (bicyclic) bond motifs is 1. The molecule has 1 aromatic heterocycles. The molecule has 0 radical (unpaired) electrons. The topological polar surface area (TPSA) is 103 Å². The van der Waals surface area contributed by atoms with Crippen molar-refractivity contribution in [3.05, 3.63) is 80.8 Å². The quantitative estimate of drug-likeness (QED) is 0.482. The fourth-order valence-corrected chi connectivity index (χ4v) is 6.24. The van der Waals surface area contributed by atoms with Crippen LogP contribution in [0.5, 0.6) is 0 Å². The third kappa shape index (κ3) is 5.45. The number of hydrogen-bond donors (Lipinski definition) is 1.